The molecule has 2 nitrogen and oxygen atoms in total. The molecule has 74 valence electrons. The van der Waals surface area contributed by atoms with Crippen LogP contribution in [0.15, 0.2) is 23.2 Å². The van der Waals surface area contributed by atoms with Crippen LogP contribution in [0, 0.1) is 0 Å². The number of anilines is 1. The summed E-state index contributed by atoms with van der Waals surface area (Å²) < 4.78 is 36.9. The van der Waals surface area contributed by atoms with Crippen molar-refractivity contribution in [2.24, 2.45) is 4.99 Å². The number of halogens is 3. The molecule has 2 rings (SSSR count). The highest BCUT2D eigenvalue weighted by molar-refractivity contribution is 5.79. The van der Waals surface area contributed by atoms with E-state index in [0.717, 1.165) is 17.7 Å². The Balaban J connectivity index is 2.41. The van der Waals surface area contributed by atoms with Crippen molar-refractivity contribution in [3.8, 4) is 0 Å². The fourth-order valence-corrected chi connectivity index (χ4v) is 1.28. The Morgan fingerprint density at radius 1 is 1.29 bits per heavy atom. The van der Waals surface area contributed by atoms with Crippen molar-refractivity contribution in [3.63, 3.8) is 0 Å². The van der Waals surface area contributed by atoms with Gasteiger partial charge in [0.05, 0.1) is 18.4 Å². The maximum atomic E-state index is 12.3. The third-order valence-electron chi connectivity index (χ3n) is 2.01. The summed E-state index contributed by atoms with van der Waals surface area (Å²) in [6, 6.07) is 3.61. The van der Waals surface area contributed by atoms with Crippen molar-refractivity contribution in [3.05, 3.63) is 29.3 Å². The highest BCUT2D eigenvalue weighted by atomic mass is 19.4. The van der Waals surface area contributed by atoms with E-state index in [1.807, 2.05) is 0 Å². The zero-order chi connectivity index (χ0) is 10.2. The molecule has 1 aromatic rings. The fourth-order valence-electron chi connectivity index (χ4n) is 1.28. The largest absolute Gasteiger partial charge is 0.416 e. The first-order chi connectivity index (χ1) is 6.57. The average Bonchev–Trinajstić information content (AvgIpc) is 2.16. The molecule has 0 aromatic heterocycles. The zero-order valence-electron chi connectivity index (χ0n) is 7.10. The van der Waals surface area contributed by atoms with Crippen LogP contribution >= 0.6 is 0 Å². The molecule has 0 spiro atoms. The lowest BCUT2D eigenvalue weighted by Gasteiger charge is -2.14. The van der Waals surface area contributed by atoms with E-state index in [2.05, 4.69) is 10.3 Å². The van der Waals surface area contributed by atoms with E-state index in [1.54, 1.807) is 0 Å². The Bertz CT molecular complexity index is 382. The topological polar surface area (TPSA) is 24.4 Å². The second-order valence-corrected chi connectivity index (χ2v) is 2.98. The number of nitrogens with one attached hydrogen (secondary N) is 1. The van der Waals surface area contributed by atoms with Gasteiger partial charge in [0, 0.05) is 5.69 Å². The normalized spacial score (nSPS) is 14.8. The van der Waals surface area contributed by atoms with Crippen LogP contribution in [-0.2, 0) is 12.7 Å². The lowest BCUT2D eigenvalue weighted by Crippen LogP contribution is -2.09. The van der Waals surface area contributed by atoms with Gasteiger partial charge in [0.2, 0.25) is 0 Å². The molecule has 0 radical (unpaired) electrons. The van der Waals surface area contributed by atoms with Crippen LogP contribution in [0.4, 0.5) is 18.9 Å². The molecule has 0 saturated heterocycles. The van der Waals surface area contributed by atoms with E-state index in [-0.39, 0.29) is 0 Å². The molecule has 5 heteroatoms. The maximum absolute atomic E-state index is 12.3. The predicted molar refractivity (Wildman–Crippen MR) is 47.3 cm³/mol. The number of alkyl halides is 3. The van der Waals surface area contributed by atoms with E-state index in [1.165, 1.54) is 12.4 Å². The van der Waals surface area contributed by atoms with Crippen molar-refractivity contribution in [1.29, 1.82) is 0 Å². The lowest BCUT2D eigenvalue weighted by atomic mass is 10.1. The maximum Gasteiger partial charge on any atom is 0.416 e. The molecule has 1 heterocycles. The molecule has 0 bridgehead atoms. The standard InChI is InChI=1S/C9H7F3N2/c10-9(11,12)7-2-1-6-4-13-5-14-8(6)3-7/h1-3,5H,4H2,(H,13,14). The first-order valence-electron chi connectivity index (χ1n) is 4.02. The highest BCUT2D eigenvalue weighted by Gasteiger charge is 2.31. The summed E-state index contributed by atoms with van der Waals surface area (Å²) in [7, 11) is 0. The Kier molecular flexibility index (Phi) is 1.94. The number of fused-ring (bicyclic) bond motifs is 1. The molecule has 0 fully saturated rings. The van der Waals surface area contributed by atoms with Crippen LogP contribution < -0.4 is 5.32 Å². The van der Waals surface area contributed by atoms with E-state index >= 15 is 0 Å². The molecule has 1 aromatic carbocycles. The summed E-state index contributed by atoms with van der Waals surface area (Å²) in [4.78, 5) is 3.89. The number of hydrogen-bond acceptors (Lipinski definition) is 2. The number of hydrogen-bond donors (Lipinski definition) is 1. The van der Waals surface area contributed by atoms with Crippen LogP contribution in [0.25, 0.3) is 0 Å². The molecule has 1 aliphatic rings. The van der Waals surface area contributed by atoms with Crippen molar-refractivity contribution in [2.75, 3.05) is 5.32 Å². The minimum absolute atomic E-state index is 0.431. The number of rotatable bonds is 0. The number of benzene rings is 1. The van der Waals surface area contributed by atoms with Gasteiger partial charge in [-0.2, -0.15) is 13.2 Å². The molecule has 0 amide bonds. The monoisotopic (exact) mass is 200 g/mol. The van der Waals surface area contributed by atoms with Crippen LogP contribution in [-0.4, -0.2) is 6.34 Å². The first-order valence-corrected chi connectivity index (χ1v) is 4.02. The van der Waals surface area contributed by atoms with Gasteiger partial charge < -0.3 is 5.32 Å². The Hall–Kier alpha value is -1.52. The molecule has 0 unspecified atom stereocenters. The third-order valence-corrected chi connectivity index (χ3v) is 2.01. The summed E-state index contributed by atoms with van der Waals surface area (Å²) in [6.07, 6.45) is -2.88. The quantitative estimate of drug-likeness (QED) is 0.684. The summed E-state index contributed by atoms with van der Waals surface area (Å²) in [5.41, 5.74) is 0.620. The van der Waals surface area contributed by atoms with Crippen LogP contribution in [0.3, 0.4) is 0 Å². The molecular weight excluding hydrogens is 193 g/mol. The zero-order valence-corrected chi connectivity index (χ0v) is 7.10. The Labute approximate surface area is 78.5 Å². The Morgan fingerprint density at radius 2 is 2.07 bits per heavy atom. The Morgan fingerprint density at radius 3 is 2.79 bits per heavy atom. The molecular formula is C9H7F3N2. The van der Waals surface area contributed by atoms with E-state index in [0.29, 0.717) is 12.2 Å². The van der Waals surface area contributed by atoms with Gasteiger partial charge in [0.15, 0.2) is 0 Å². The van der Waals surface area contributed by atoms with Crippen molar-refractivity contribution < 1.29 is 13.2 Å². The van der Waals surface area contributed by atoms with E-state index in [4.69, 9.17) is 0 Å². The first kappa shape index (κ1) is 9.05. The van der Waals surface area contributed by atoms with E-state index < -0.39 is 11.7 Å². The highest BCUT2D eigenvalue weighted by Crippen LogP contribution is 2.32. The molecule has 1 aliphatic heterocycles. The molecule has 0 aliphatic carbocycles. The minimum Gasteiger partial charge on any atom is -0.346 e. The van der Waals surface area contributed by atoms with Gasteiger partial charge in [-0.15, -0.1) is 0 Å². The second kappa shape index (κ2) is 3.01. The average molecular weight is 200 g/mol. The third kappa shape index (κ3) is 1.57. The number of nitrogens with zero attached hydrogens (tertiary/aromatic N) is 1. The van der Waals surface area contributed by atoms with Gasteiger partial charge in [-0.05, 0) is 17.7 Å². The summed E-state index contributed by atoms with van der Waals surface area (Å²) in [5, 5.41) is 2.68. The van der Waals surface area contributed by atoms with E-state index in [9.17, 15) is 13.2 Å². The minimum atomic E-state index is -4.29. The van der Waals surface area contributed by atoms with Crippen molar-refractivity contribution in [1.82, 2.24) is 0 Å². The molecule has 0 saturated carbocycles. The van der Waals surface area contributed by atoms with Crippen LogP contribution in [0.1, 0.15) is 11.1 Å². The van der Waals surface area contributed by atoms with Gasteiger partial charge in [-0.3, -0.25) is 4.99 Å². The van der Waals surface area contributed by atoms with Gasteiger partial charge >= 0.3 is 6.18 Å². The molecule has 14 heavy (non-hydrogen) atoms. The summed E-state index contributed by atoms with van der Waals surface area (Å²) in [5.74, 6) is 0. The van der Waals surface area contributed by atoms with Crippen molar-refractivity contribution >= 4 is 12.0 Å². The second-order valence-electron chi connectivity index (χ2n) is 2.98. The number of aliphatic imine (C=N–C) groups is 1. The van der Waals surface area contributed by atoms with Gasteiger partial charge in [-0.25, -0.2) is 0 Å². The summed E-state index contributed by atoms with van der Waals surface area (Å²) in [6.45, 7) is 0.431. The molecule has 0 atom stereocenters. The summed E-state index contributed by atoms with van der Waals surface area (Å²) >= 11 is 0. The lowest BCUT2D eigenvalue weighted by molar-refractivity contribution is -0.137. The van der Waals surface area contributed by atoms with Crippen LogP contribution in [0.5, 0.6) is 0 Å². The SMILES string of the molecule is FC(F)(F)c1ccc2c(c1)NC=NC2. The van der Waals surface area contributed by atoms with Gasteiger partial charge in [-0.1, -0.05) is 6.07 Å². The van der Waals surface area contributed by atoms with Gasteiger partial charge in [0.25, 0.3) is 0 Å². The van der Waals surface area contributed by atoms with Crippen LogP contribution in [0.2, 0.25) is 0 Å². The molecule has 1 N–H and O–H groups in total. The van der Waals surface area contributed by atoms with Gasteiger partial charge in [0.1, 0.15) is 0 Å². The van der Waals surface area contributed by atoms with Crippen molar-refractivity contribution in [2.45, 2.75) is 12.7 Å². The smallest absolute Gasteiger partial charge is 0.346 e. The predicted octanol–water partition coefficient (Wildman–Crippen LogP) is 2.66. The fraction of sp³-hybridized carbons (Fsp3) is 0.222.